The Morgan fingerprint density at radius 1 is 1.22 bits per heavy atom. The Hall–Kier alpha value is -1.64. The van der Waals surface area contributed by atoms with Crippen LogP contribution in [-0.2, 0) is 4.79 Å². The first-order valence-corrected chi connectivity index (χ1v) is 6.41. The van der Waals surface area contributed by atoms with Gasteiger partial charge in [0.2, 0.25) is 6.08 Å². The Morgan fingerprint density at radius 3 is 2.61 bits per heavy atom. The molecule has 2 rings (SSSR count). The van der Waals surface area contributed by atoms with Crippen molar-refractivity contribution in [3.8, 4) is 5.75 Å². The zero-order valence-corrected chi connectivity index (χ0v) is 10.5. The molecule has 0 unspecified atom stereocenters. The molecule has 1 fully saturated rings. The molecule has 1 aliphatic rings. The minimum atomic E-state index is 0.606. The molecule has 0 spiro atoms. The lowest BCUT2D eigenvalue weighted by Crippen LogP contribution is -2.21. The summed E-state index contributed by atoms with van der Waals surface area (Å²) in [6.07, 6.45) is 5.23. The second-order valence-electron chi connectivity index (χ2n) is 4.45. The van der Waals surface area contributed by atoms with Crippen LogP contribution in [0.1, 0.15) is 19.3 Å². The smallest absolute Gasteiger partial charge is 0.240 e. The number of aliphatic imine (C=N–C) groups is 1. The maximum Gasteiger partial charge on any atom is 0.240 e. The molecule has 0 N–H and O–H groups in total. The predicted molar refractivity (Wildman–Crippen MR) is 70.0 cm³/mol. The molecule has 0 bridgehead atoms. The van der Waals surface area contributed by atoms with E-state index < -0.39 is 0 Å². The van der Waals surface area contributed by atoms with Crippen molar-refractivity contribution in [1.82, 2.24) is 4.90 Å². The molecule has 1 aromatic rings. The maximum absolute atomic E-state index is 10.1. The molecule has 0 radical (unpaired) electrons. The van der Waals surface area contributed by atoms with Crippen LogP contribution >= 0.6 is 0 Å². The Labute approximate surface area is 107 Å². The van der Waals surface area contributed by atoms with Crippen molar-refractivity contribution in [2.75, 3.05) is 26.2 Å². The van der Waals surface area contributed by atoms with Crippen LogP contribution in [0.3, 0.4) is 0 Å². The highest BCUT2D eigenvalue weighted by Gasteiger charge is 2.10. The highest BCUT2D eigenvalue weighted by atomic mass is 16.5. The van der Waals surface area contributed by atoms with Gasteiger partial charge in [-0.2, -0.15) is 4.99 Å². The molecule has 1 heterocycles. The molecule has 1 aliphatic heterocycles. The second kappa shape index (κ2) is 6.94. The van der Waals surface area contributed by atoms with Crippen LogP contribution in [0, 0.1) is 0 Å². The Bertz CT molecular complexity index is 404. The van der Waals surface area contributed by atoms with Gasteiger partial charge in [0, 0.05) is 6.54 Å². The number of likely N-dealkylation sites (tertiary alicyclic amines) is 1. The fraction of sp³-hybridized carbons (Fsp3) is 0.500. The third-order valence-electron chi connectivity index (χ3n) is 3.10. The number of rotatable bonds is 6. The maximum atomic E-state index is 10.1. The molecule has 1 saturated heterocycles. The molecule has 0 aromatic heterocycles. The van der Waals surface area contributed by atoms with Crippen LogP contribution in [0.15, 0.2) is 29.3 Å². The van der Waals surface area contributed by atoms with E-state index in [0.717, 1.165) is 25.3 Å². The van der Waals surface area contributed by atoms with E-state index >= 15 is 0 Å². The fourth-order valence-electron chi connectivity index (χ4n) is 2.15. The summed E-state index contributed by atoms with van der Waals surface area (Å²) in [5, 5.41) is 0. The summed E-state index contributed by atoms with van der Waals surface area (Å²) in [6.45, 7) is 4.32. The molecule has 0 aliphatic carbocycles. The number of isocyanates is 1. The minimum Gasteiger partial charge on any atom is -0.494 e. The van der Waals surface area contributed by atoms with Gasteiger partial charge in [0.15, 0.2) is 0 Å². The van der Waals surface area contributed by atoms with E-state index in [2.05, 4.69) is 9.89 Å². The van der Waals surface area contributed by atoms with E-state index in [0.29, 0.717) is 5.69 Å². The lowest BCUT2D eigenvalue weighted by atomic mass is 10.3. The van der Waals surface area contributed by atoms with Gasteiger partial charge in [-0.15, -0.1) is 0 Å². The van der Waals surface area contributed by atoms with Gasteiger partial charge in [-0.05, 0) is 56.6 Å². The molecule has 0 saturated carbocycles. The normalized spacial score (nSPS) is 15.3. The Morgan fingerprint density at radius 2 is 1.94 bits per heavy atom. The first kappa shape index (κ1) is 12.8. The van der Waals surface area contributed by atoms with Crippen molar-refractivity contribution in [3.63, 3.8) is 0 Å². The summed E-state index contributed by atoms with van der Waals surface area (Å²) >= 11 is 0. The predicted octanol–water partition coefficient (Wildman–Crippen LogP) is 2.52. The van der Waals surface area contributed by atoms with Crippen molar-refractivity contribution in [1.29, 1.82) is 0 Å². The zero-order valence-electron chi connectivity index (χ0n) is 10.5. The number of carbonyl (C=O) groups excluding carboxylic acids is 1. The van der Waals surface area contributed by atoms with Crippen molar-refractivity contribution >= 4 is 11.8 Å². The second-order valence-corrected chi connectivity index (χ2v) is 4.45. The van der Waals surface area contributed by atoms with Gasteiger partial charge < -0.3 is 9.64 Å². The van der Waals surface area contributed by atoms with E-state index in [1.807, 2.05) is 12.1 Å². The Kier molecular flexibility index (Phi) is 4.94. The third-order valence-corrected chi connectivity index (χ3v) is 3.10. The molecule has 1 aromatic carbocycles. The quantitative estimate of drug-likeness (QED) is 0.440. The largest absolute Gasteiger partial charge is 0.494 e. The lowest BCUT2D eigenvalue weighted by molar-refractivity contribution is 0.263. The van der Waals surface area contributed by atoms with Gasteiger partial charge >= 0.3 is 0 Å². The van der Waals surface area contributed by atoms with E-state index in [-0.39, 0.29) is 0 Å². The number of ether oxygens (including phenoxy) is 1. The van der Waals surface area contributed by atoms with Gasteiger partial charge in [0.1, 0.15) is 5.75 Å². The van der Waals surface area contributed by atoms with Crippen molar-refractivity contribution in [3.05, 3.63) is 24.3 Å². The van der Waals surface area contributed by atoms with Crippen molar-refractivity contribution in [2.24, 2.45) is 4.99 Å². The number of benzene rings is 1. The minimum absolute atomic E-state index is 0.606. The average molecular weight is 246 g/mol. The first-order chi connectivity index (χ1) is 8.88. The molecule has 18 heavy (non-hydrogen) atoms. The number of hydrogen-bond donors (Lipinski definition) is 0. The van der Waals surface area contributed by atoms with E-state index in [1.165, 1.54) is 32.0 Å². The van der Waals surface area contributed by atoms with Crippen LogP contribution in [0.2, 0.25) is 0 Å². The molecule has 0 atom stereocenters. The summed E-state index contributed by atoms with van der Waals surface area (Å²) in [7, 11) is 0. The van der Waals surface area contributed by atoms with Crippen LogP contribution in [0.4, 0.5) is 5.69 Å². The van der Waals surface area contributed by atoms with E-state index in [1.54, 1.807) is 12.1 Å². The van der Waals surface area contributed by atoms with Gasteiger partial charge in [-0.25, -0.2) is 4.79 Å². The molecule has 0 amide bonds. The molecular formula is C14H18N2O2. The fourth-order valence-corrected chi connectivity index (χ4v) is 2.15. The van der Waals surface area contributed by atoms with Gasteiger partial charge in [0.25, 0.3) is 0 Å². The van der Waals surface area contributed by atoms with Gasteiger partial charge in [-0.1, -0.05) is 0 Å². The summed E-state index contributed by atoms with van der Waals surface area (Å²) in [5.74, 6) is 0.821. The summed E-state index contributed by atoms with van der Waals surface area (Å²) in [5.41, 5.74) is 0.606. The highest BCUT2D eigenvalue weighted by Crippen LogP contribution is 2.17. The van der Waals surface area contributed by atoms with Crippen LogP contribution in [-0.4, -0.2) is 37.2 Å². The molecule has 4 heteroatoms. The number of nitrogens with zero attached hydrogens (tertiary/aromatic N) is 2. The topological polar surface area (TPSA) is 41.9 Å². The monoisotopic (exact) mass is 246 g/mol. The van der Waals surface area contributed by atoms with Crippen LogP contribution in [0.25, 0.3) is 0 Å². The SMILES string of the molecule is O=C=Nc1ccc(OCCCN2CCCC2)cc1. The zero-order chi connectivity index (χ0) is 12.6. The van der Waals surface area contributed by atoms with Gasteiger partial charge in [-0.3, -0.25) is 0 Å². The van der Waals surface area contributed by atoms with E-state index in [9.17, 15) is 4.79 Å². The lowest BCUT2D eigenvalue weighted by Gasteiger charge is -2.14. The third kappa shape index (κ3) is 3.99. The summed E-state index contributed by atoms with van der Waals surface area (Å²) in [4.78, 5) is 16.1. The van der Waals surface area contributed by atoms with Crippen molar-refractivity contribution in [2.45, 2.75) is 19.3 Å². The summed E-state index contributed by atoms with van der Waals surface area (Å²) < 4.78 is 5.63. The summed E-state index contributed by atoms with van der Waals surface area (Å²) in [6, 6.07) is 7.15. The van der Waals surface area contributed by atoms with Crippen LogP contribution in [0.5, 0.6) is 5.75 Å². The van der Waals surface area contributed by atoms with Crippen molar-refractivity contribution < 1.29 is 9.53 Å². The van der Waals surface area contributed by atoms with E-state index in [4.69, 9.17) is 4.74 Å². The highest BCUT2D eigenvalue weighted by molar-refractivity contribution is 5.49. The molecule has 96 valence electrons. The standard InChI is InChI=1S/C14H18N2O2/c17-12-15-13-4-6-14(7-5-13)18-11-3-10-16-8-1-2-9-16/h4-7H,1-3,8-11H2. The number of hydrogen-bond acceptors (Lipinski definition) is 4. The molecular weight excluding hydrogens is 228 g/mol. The van der Waals surface area contributed by atoms with Gasteiger partial charge in [0.05, 0.1) is 12.3 Å². The Balaban J connectivity index is 1.67. The van der Waals surface area contributed by atoms with Crippen LogP contribution < -0.4 is 4.74 Å². The average Bonchev–Trinajstić information content (AvgIpc) is 2.90. The first-order valence-electron chi connectivity index (χ1n) is 6.41. The molecule has 4 nitrogen and oxygen atoms in total.